The Morgan fingerprint density at radius 2 is 1.88 bits per heavy atom. The predicted molar refractivity (Wildman–Crippen MR) is 62.0 cm³/mol. The van der Waals surface area contributed by atoms with Gasteiger partial charge in [-0.2, -0.15) is 0 Å². The number of likely N-dealkylation sites (N-methyl/N-ethyl adjacent to an activating group) is 1. The van der Waals surface area contributed by atoms with E-state index in [0.717, 1.165) is 0 Å². The molecule has 0 rings (SSSR count). The standard InChI is InChI=1S/C11H22N2O3/c1-8(10(15)12-11(2,3)4)13(5)7-9(14)16-6/h8H,7H2,1-6H3,(H,12,15). The van der Waals surface area contributed by atoms with Crippen LogP contribution in [0, 0.1) is 0 Å². The van der Waals surface area contributed by atoms with E-state index in [9.17, 15) is 9.59 Å². The number of amides is 1. The van der Waals surface area contributed by atoms with E-state index in [2.05, 4.69) is 10.1 Å². The topological polar surface area (TPSA) is 58.6 Å². The molecule has 1 unspecified atom stereocenters. The Hall–Kier alpha value is -1.10. The van der Waals surface area contributed by atoms with Crippen LogP contribution in [0.15, 0.2) is 0 Å². The van der Waals surface area contributed by atoms with Gasteiger partial charge in [-0.05, 0) is 34.7 Å². The Bertz CT molecular complexity index is 258. The van der Waals surface area contributed by atoms with Crippen molar-refractivity contribution in [3.8, 4) is 0 Å². The monoisotopic (exact) mass is 230 g/mol. The fourth-order valence-electron chi connectivity index (χ4n) is 1.08. The summed E-state index contributed by atoms with van der Waals surface area (Å²) in [6, 6.07) is -0.363. The number of hydrogen-bond acceptors (Lipinski definition) is 4. The largest absolute Gasteiger partial charge is 0.468 e. The Morgan fingerprint density at radius 3 is 2.25 bits per heavy atom. The molecule has 0 aliphatic rings. The molecule has 0 aliphatic carbocycles. The third kappa shape index (κ3) is 5.70. The molecule has 1 atom stereocenters. The predicted octanol–water partition coefficient (Wildman–Crippen LogP) is 0.394. The lowest BCUT2D eigenvalue weighted by Gasteiger charge is -2.27. The number of carbonyl (C=O) groups is 2. The zero-order valence-electron chi connectivity index (χ0n) is 11.0. The maximum absolute atomic E-state index is 11.8. The molecule has 5 heteroatoms. The average molecular weight is 230 g/mol. The number of nitrogens with one attached hydrogen (secondary N) is 1. The summed E-state index contributed by atoms with van der Waals surface area (Å²) in [5.41, 5.74) is -0.266. The van der Waals surface area contributed by atoms with Crippen molar-refractivity contribution in [2.45, 2.75) is 39.3 Å². The van der Waals surface area contributed by atoms with E-state index < -0.39 is 0 Å². The van der Waals surface area contributed by atoms with Crippen LogP contribution in [-0.4, -0.2) is 49.1 Å². The molecule has 0 aromatic rings. The summed E-state index contributed by atoms with van der Waals surface area (Å²) in [5, 5.41) is 2.86. The van der Waals surface area contributed by atoms with E-state index in [4.69, 9.17) is 0 Å². The summed E-state index contributed by atoms with van der Waals surface area (Å²) in [5.74, 6) is -0.447. The number of nitrogens with zero attached hydrogens (tertiary/aromatic N) is 1. The summed E-state index contributed by atoms with van der Waals surface area (Å²) in [7, 11) is 3.04. The van der Waals surface area contributed by atoms with E-state index >= 15 is 0 Å². The third-order valence-corrected chi connectivity index (χ3v) is 2.14. The zero-order chi connectivity index (χ0) is 12.9. The molecule has 1 amide bonds. The van der Waals surface area contributed by atoms with E-state index in [1.807, 2.05) is 20.8 Å². The summed E-state index contributed by atoms with van der Waals surface area (Å²) in [4.78, 5) is 24.4. The number of esters is 1. The minimum atomic E-state index is -0.363. The highest BCUT2D eigenvalue weighted by Gasteiger charge is 2.23. The fourth-order valence-corrected chi connectivity index (χ4v) is 1.08. The molecule has 0 spiro atoms. The molecular weight excluding hydrogens is 208 g/mol. The van der Waals surface area contributed by atoms with Gasteiger partial charge in [0.2, 0.25) is 5.91 Å². The van der Waals surface area contributed by atoms with Crippen molar-refractivity contribution in [2.24, 2.45) is 0 Å². The van der Waals surface area contributed by atoms with E-state index in [-0.39, 0.29) is 30.0 Å². The van der Waals surface area contributed by atoms with E-state index in [0.29, 0.717) is 0 Å². The van der Waals surface area contributed by atoms with Crippen molar-refractivity contribution < 1.29 is 14.3 Å². The molecule has 1 N–H and O–H groups in total. The van der Waals surface area contributed by atoms with Gasteiger partial charge in [0.25, 0.3) is 0 Å². The second-order valence-electron chi connectivity index (χ2n) is 4.91. The molecule has 0 bridgehead atoms. The van der Waals surface area contributed by atoms with Gasteiger partial charge in [0.1, 0.15) is 0 Å². The van der Waals surface area contributed by atoms with Crippen molar-refractivity contribution in [3.63, 3.8) is 0 Å². The number of ether oxygens (including phenoxy) is 1. The van der Waals surface area contributed by atoms with E-state index in [1.54, 1.807) is 18.9 Å². The lowest BCUT2D eigenvalue weighted by atomic mass is 10.1. The summed E-state index contributed by atoms with van der Waals surface area (Å²) < 4.78 is 4.54. The van der Waals surface area contributed by atoms with Crippen LogP contribution in [0.1, 0.15) is 27.7 Å². The summed E-state index contributed by atoms with van der Waals surface area (Å²) in [6.07, 6.45) is 0. The molecule has 0 aromatic heterocycles. The molecule has 0 fully saturated rings. The van der Waals surface area contributed by atoms with Crippen molar-refractivity contribution in [1.82, 2.24) is 10.2 Å². The maximum atomic E-state index is 11.8. The van der Waals surface area contributed by atoms with Crippen molar-refractivity contribution >= 4 is 11.9 Å². The summed E-state index contributed by atoms with van der Waals surface area (Å²) >= 11 is 0. The zero-order valence-corrected chi connectivity index (χ0v) is 11.0. The minimum Gasteiger partial charge on any atom is -0.468 e. The van der Waals surface area contributed by atoms with Crippen LogP contribution in [0.2, 0.25) is 0 Å². The molecule has 0 radical (unpaired) electrons. The smallest absolute Gasteiger partial charge is 0.319 e. The lowest BCUT2D eigenvalue weighted by Crippen LogP contribution is -2.50. The fraction of sp³-hybridized carbons (Fsp3) is 0.818. The number of methoxy groups -OCH3 is 1. The highest BCUT2D eigenvalue weighted by molar-refractivity contribution is 5.82. The lowest BCUT2D eigenvalue weighted by molar-refractivity contribution is -0.142. The van der Waals surface area contributed by atoms with Gasteiger partial charge >= 0.3 is 5.97 Å². The third-order valence-electron chi connectivity index (χ3n) is 2.14. The van der Waals surface area contributed by atoms with Crippen molar-refractivity contribution in [2.75, 3.05) is 20.7 Å². The second-order valence-corrected chi connectivity index (χ2v) is 4.91. The van der Waals surface area contributed by atoms with Gasteiger partial charge in [0.15, 0.2) is 0 Å². The van der Waals surface area contributed by atoms with Gasteiger partial charge in [-0.15, -0.1) is 0 Å². The Kier molecular flexibility index (Phi) is 5.44. The van der Waals surface area contributed by atoms with Gasteiger partial charge in [-0.1, -0.05) is 0 Å². The molecule has 0 aliphatic heterocycles. The Labute approximate surface area is 97.1 Å². The van der Waals surface area contributed by atoms with Gasteiger partial charge in [-0.3, -0.25) is 14.5 Å². The number of carbonyl (C=O) groups excluding carboxylic acids is 2. The normalized spacial score (nSPS) is 13.4. The molecule has 0 saturated carbocycles. The number of rotatable bonds is 4. The first-order valence-corrected chi connectivity index (χ1v) is 5.26. The highest BCUT2D eigenvalue weighted by atomic mass is 16.5. The minimum absolute atomic E-state index is 0.0982. The molecule has 0 aromatic carbocycles. The van der Waals surface area contributed by atoms with Gasteiger partial charge in [0, 0.05) is 5.54 Å². The molecule has 94 valence electrons. The Morgan fingerprint density at radius 1 is 1.38 bits per heavy atom. The van der Waals surface area contributed by atoms with E-state index in [1.165, 1.54) is 7.11 Å². The average Bonchev–Trinajstić information content (AvgIpc) is 2.13. The SMILES string of the molecule is COC(=O)CN(C)C(C)C(=O)NC(C)(C)C. The number of hydrogen-bond donors (Lipinski definition) is 1. The first-order chi connectivity index (χ1) is 7.17. The van der Waals surface area contributed by atoms with Crippen LogP contribution in [0.3, 0.4) is 0 Å². The van der Waals surface area contributed by atoms with Gasteiger partial charge in [-0.25, -0.2) is 0 Å². The summed E-state index contributed by atoms with van der Waals surface area (Å²) in [6.45, 7) is 7.60. The Balaban J connectivity index is 4.27. The van der Waals surface area contributed by atoms with Crippen LogP contribution in [0.5, 0.6) is 0 Å². The quantitative estimate of drug-likeness (QED) is 0.710. The molecule has 0 saturated heterocycles. The van der Waals surface area contributed by atoms with Crippen LogP contribution in [0.25, 0.3) is 0 Å². The highest BCUT2D eigenvalue weighted by Crippen LogP contribution is 2.02. The molecular formula is C11H22N2O3. The second kappa shape index (κ2) is 5.84. The first-order valence-electron chi connectivity index (χ1n) is 5.26. The van der Waals surface area contributed by atoms with Crippen LogP contribution in [-0.2, 0) is 14.3 Å². The maximum Gasteiger partial charge on any atom is 0.319 e. The van der Waals surface area contributed by atoms with Crippen LogP contribution < -0.4 is 5.32 Å². The van der Waals surface area contributed by atoms with Gasteiger partial charge < -0.3 is 10.1 Å². The van der Waals surface area contributed by atoms with Crippen LogP contribution in [0.4, 0.5) is 0 Å². The molecule has 5 nitrogen and oxygen atoms in total. The van der Waals surface area contributed by atoms with Crippen molar-refractivity contribution in [3.05, 3.63) is 0 Å². The molecule has 16 heavy (non-hydrogen) atoms. The molecule has 0 heterocycles. The first kappa shape index (κ1) is 14.9. The van der Waals surface area contributed by atoms with Gasteiger partial charge in [0.05, 0.1) is 19.7 Å². The van der Waals surface area contributed by atoms with Crippen molar-refractivity contribution in [1.29, 1.82) is 0 Å². The van der Waals surface area contributed by atoms with Crippen LogP contribution >= 0.6 is 0 Å².